The van der Waals surface area contributed by atoms with E-state index in [-0.39, 0.29) is 11.8 Å². The van der Waals surface area contributed by atoms with Gasteiger partial charge in [-0.1, -0.05) is 35.9 Å². The minimum atomic E-state index is 0.0839. The number of hydrogen-bond donors (Lipinski definition) is 3. The first-order valence-electron chi connectivity index (χ1n) is 7.18. The molecule has 0 bridgehead atoms. The van der Waals surface area contributed by atoms with E-state index in [1.807, 2.05) is 36.4 Å². The average Bonchev–Trinajstić information content (AvgIpc) is 2.50. The summed E-state index contributed by atoms with van der Waals surface area (Å²) in [6, 6.07) is 15.2. The summed E-state index contributed by atoms with van der Waals surface area (Å²) in [7, 11) is 0. The normalized spacial score (nSPS) is 12.3. The lowest BCUT2D eigenvalue weighted by molar-refractivity contribution is 0.474. The van der Waals surface area contributed by atoms with Crippen LogP contribution >= 0.6 is 11.6 Å². The highest BCUT2D eigenvalue weighted by Gasteiger charge is 2.13. The molecule has 0 aliphatic rings. The third-order valence-corrected chi connectivity index (χ3v) is 3.66. The largest absolute Gasteiger partial charge is 0.508 e. The maximum Gasteiger partial charge on any atom is 0.115 e. The van der Waals surface area contributed by atoms with Crippen LogP contribution in [0.5, 0.6) is 5.75 Å². The number of benzene rings is 2. The molecule has 0 amide bonds. The van der Waals surface area contributed by atoms with Crippen molar-refractivity contribution >= 4 is 11.6 Å². The smallest absolute Gasteiger partial charge is 0.115 e. The summed E-state index contributed by atoms with van der Waals surface area (Å²) < 4.78 is 0. The SMILES string of the molecule is NCCCCNC(c1ccc(O)cc1)c1ccc(Cl)cc1. The van der Waals surface area contributed by atoms with Crippen LogP contribution in [-0.2, 0) is 0 Å². The summed E-state index contributed by atoms with van der Waals surface area (Å²) in [6.07, 6.45) is 2.05. The Labute approximate surface area is 130 Å². The molecule has 2 aromatic rings. The monoisotopic (exact) mass is 304 g/mol. The van der Waals surface area contributed by atoms with Gasteiger partial charge in [0.25, 0.3) is 0 Å². The van der Waals surface area contributed by atoms with E-state index < -0.39 is 0 Å². The fraction of sp³-hybridized carbons (Fsp3) is 0.294. The molecule has 4 N–H and O–H groups in total. The number of phenolic OH excluding ortho intramolecular Hbond substituents is 1. The molecule has 0 aliphatic heterocycles. The molecule has 2 aromatic carbocycles. The van der Waals surface area contributed by atoms with Gasteiger partial charge in [0, 0.05) is 5.02 Å². The van der Waals surface area contributed by atoms with Gasteiger partial charge in [0.2, 0.25) is 0 Å². The van der Waals surface area contributed by atoms with Crippen LogP contribution in [0.3, 0.4) is 0 Å². The van der Waals surface area contributed by atoms with Crippen molar-refractivity contribution in [3.8, 4) is 5.75 Å². The number of hydrogen-bond acceptors (Lipinski definition) is 3. The van der Waals surface area contributed by atoms with E-state index >= 15 is 0 Å². The van der Waals surface area contributed by atoms with Gasteiger partial charge < -0.3 is 16.2 Å². The zero-order chi connectivity index (χ0) is 15.1. The van der Waals surface area contributed by atoms with Gasteiger partial charge in [-0.15, -0.1) is 0 Å². The Morgan fingerprint density at radius 3 is 2.10 bits per heavy atom. The zero-order valence-electron chi connectivity index (χ0n) is 11.9. The Morgan fingerprint density at radius 1 is 0.952 bits per heavy atom. The molecule has 0 spiro atoms. The Balaban J connectivity index is 2.17. The predicted molar refractivity (Wildman–Crippen MR) is 87.7 cm³/mol. The summed E-state index contributed by atoms with van der Waals surface area (Å²) >= 11 is 5.96. The summed E-state index contributed by atoms with van der Waals surface area (Å²) in [5.41, 5.74) is 7.80. The van der Waals surface area contributed by atoms with Crippen molar-refractivity contribution in [1.29, 1.82) is 0 Å². The van der Waals surface area contributed by atoms with E-state index in [0.29, 0.717) is 6.54 Å². The summed E-state index contributed by atoms with van der Waals surface area (Å²) in [5, 5.41) is 13.7. The van der Waals surface area contributed by atoms with Crippen LogP contribution in [0.1, 0.15) is 30.0 Å². The molecule has 0 heterocycles. The molecule has 0 saturated carbocycles. The lowest BCUT2D eigenvalue weighted by Crippen LogP contribution is -2.24. The van der Waals surface area contributed by atoms with Gasteiger partial charge in [0.1, 0.15) is 5.75 Å². The lowest BCUT2D eigenvalue weighted by Gasteiger charge is -2.20. The van der Waals surface area contributed by atoms with Crippen LogP contribution in [0.15, 0.2) is 48.5 Å². The molecule has 0 aliphatic carbocycles. The molecule has 21 heavy (non-hydrogen) atoms. The molecule has 1 atom stereocenters. The zero-order valence-corrected chi connectivity index (χ0v) is 12.7. The molecule has 112 valence electrons. The maximum atomic E-state index is 9.44. The molecule has 4 heteroatoms. The molecular formula is C17H21ClN2O. The Bertz CT molecular complexity index is 494. The second-order valence-corrected chi connectivity index (χ2v) is 5.46. The first-order chi connectivity index (χ1) is 10.2. The van der Waals surface area contributed by atoms with Crippen molar-refractivity contribution in [2.45, 2.75) is 18.9 Å². The second kappa shape index (κ2) is 8.03. The number of halogens is 1. The first kappa shape index (κ1) is 15.8. The molecule has 0 fully saturated rings. The van der Waals surface area contributed by atoms with Gasteiger partial charge in [-0.25, -0.2) is 0 Å². The van der Waals surface area contributed by atoms with Crippen LogP contribution in [0.4, 0.5) is 0 Å². The molecule has 0 saturated heterocycles. The number of unbranched alkanes of at least 4 members (excludes halogenated alkanes) is 1. The van der Waals surface area contributed by atoms with Crippen LogP contribution in [-0.4, -0.2) is 18.2 Å². The van der Waals surface area contributed by atoms with Gasteiger partial charge in [-0.2, -0.15) is 0 Å². The Hall–Kier alpha value is -1.55. The van der Waals surface area contributed by atoms with E-state index in [4.69, 9.17) is 17.3 Å². The minimum Gasteiger partial charge on any atom is -0.508 e. The van der Waals surface area contributed by atoms with Crippen molar-refractivity contribution < 1.29 is 5.11 Å². The fourth-order valence-corrected chi connectivity index (χ4v) is 2.39. The summed E-state index contributed by atoms with van der Waals surface area (Å²) in [4.78, 5) is 0. The standard InChI is InChI=1S/C17H21ClN2O/c18-15-7-3-13(4-8-15)17(20-12-2-1-11-19)14-5-9-16(21)10-6-14/h3-10,17,20-21H,1-2,11-12,19H2. The topological polar surface area (TPSA) is 58.3 Å². The van der Waals surface area contributed by atoms with Crippen LogP contribution in [0, 0.1) is 0 Å². The number of aromatic hydroxyl groups is 1. The van der Waals surface area contributed by atoms with E-state index in [9.17, 15) is 5.11 Å². The van der Waals surface area contributed by atoms with Crippen molar-refractivity contribution in [3.05, 3.63) is 64.7 Å². The Kier molecular flexibility index (Phi) is 6.05. The highest BCUT2D eigenvalue weighted by molar-refractivity contribution is 6.30. The summed E-state index contributed by atoms with van der Waals surface area (Å²) in [5.74, 6) is 0.275. The van der Waals surface area contributed by atoms with Crippen LogP contribution < -0.4 is 11.1 Å². The fourth-order valence-electron chi connectivity index (χ4n) is 2.27. The van der Waals surface area contributed by atoms with E-state index in [1.54, 1.807) is 12.1 Å². The third-order valence-electron chi connectivity index (χ3n) is 3.41. The quantitative estimate of drug-likeness (QED) is 0.687. The van der Waals surface area contributed by atoms with Gasteiger partial charge in [-0.3, -0.25) is 0 Å². The van der Waals surface area contributed by atoms with E-state index in [1.165, 1.54) is 0 Å². The first-order valence-corrected chi connectivity index (χ1v) is 7.56. The molecule has 1 unspecified atom stereocenters. The Morgan fingerprint density at radius 2 is 1.52 bits per heavy atom. The number of phenols is 1. The van der Waals surface area contributed by atoms with Crippen molar-refractivity contribution in [2.24, 2.45) is 5.73 Å². The lowest BCUT2D eigenvalue weighted by atomic mass is 9.98. The molecule has 3 nitrogen and oxygen atoms in total. The van der Waals surface area contributed by atoms with Crippen molar-refractivity contribution in [3.63, 3.8) is 0 Å². The highest BCUT2D eigenvalue weighted by Crippen LogP contribution is 2.25. The highest BCUT2D eigenvalue weighted by atomic mass is 35.5. The van der Waals surface area contributed by atoms with E-state index in [0.717, 1.165) is 35.5 Å². The molecule has 0 radical (unpaired) electrons. The number of nitrogens with one attached hydrogen (secondary N) is 1. The third kappa shape index (κ3) is 4.74. The number of nitrogens with two attached hydrogens (primary N) is 1. The maximum absolute atomic E-state index is 9.44. The van der Waals surface area contributed by atoms with Gasteiger partial charge in [0.15, 0.2) is 0 Å². The molecule has 2 rings (SSSR count). The predicted octanol–water partition coefficient (Wildman–Crippen LogP) is 3.46. The van der Waals surface area contributed by atoms with Crippen molar-refractivity contribution in [2.75, 3.05) is 13.1 Å². The van der Waals surface area contributed by atoms with Crippen molar-refractivity contribution in [1.82, 2.24) is 5.32 Å². The van der Waals surface area contributed by atoms with Gasteiger partial charge >= 0.3 is 0 Å². The van der Waals surface area contributed by atoms with Crippen LogP contribution in [0.2, 0.25) is 5.02 Å². The number of rotatable bonds is 7. The average molecular weight is 305 g/mol. The molecule has 0 aromatic heterocycles. The molecular weight excluding hydrogens is 284 g/mol. The van der Waals surface area contributed by atoms with Crippen LogP contribution in [0.25, 0.3) is 0 Å². The van der Waals surface area contributed by atoms with E-state index in [2.05, 4.69) is 5.32 Å². The minimum absolute atomic E-state index is 0.0839. The summed E-state index contributed by atoms with van der Waals surface area (Å²) in [6.45, 7) is 1.61. The van der Waals surface area contributed by atoms with Gasteiger partial charge in [-0.05, 0) is 61.3 Å². The van der Waals surface area contributed by atoms with Gasteiger partial charge in [0.05, 0.1) is 6.04 Å². The second-order valence-electron chi connectivity index (χ2n) is 5.03.